The van der Waals surface area contributed by atoms with E-state index in [9.17, 15) is 9.90 Å². The van der Waals surface area contributed by atoms with Crippen molar-refractivity contribution in [3.05, 3.63) is 35.9 Å². The van der Waals surface area contributed by atoms with Gasteiger partial charge in [-0.3, -0.25) is 0 Å². The number of benzene rings is 1. The second-order valence-corrected chi connectivity index (χ2v) is 6.30. The summed E-state index contributed by atoms with van der Waals surface area (Å²) in [6, 6.07) is 9.48. The average molecular weight is 290 g/mol. The van der Waals surface area contributed by atoms with Crippen LogP contribution < -0.4 is 5.32 Å². The van der Waals surface area contributed by atoms with Gasteiger partial charge in [-0.1, -0.05) is 44.2 Å². The molecule has 0 radical (unpaired) electrons. The molecule has 0 aliphatic carbocycles. The van der Waals surface area contributed by atoms with Crippen molar-refractivity contribution in [2.75, 3.05) is 26.7 Å². The summed E-state index contributed by atoms with van der Waals surface area (Å²) in [5, 5.41) is 12.9. The predicted molar refractivity (Wildman–Crippen MR) is 84.2 cm³/mol. The molecule has 0 saturated carbocycles. The summed E-state index contributed by atoms with van der Waals surface area (Å²) >= 11 is 0. The molecule has 1 aromatic carbocycles. The first-order valence-corrected chi connectivity index (χ1v) is 7.70. The number of hydrogen-bond donors (Lipinski definition) is 2. The van der Waals surface area contributed by atoms with Gasteiger partial charge in [-0.05, 0) is 37.4 Å². The largest absolute Gasteiger partial charge is 0.480 e. The molecule has 4 heteroatoms. The summed E-state index contributed by atoms with van der Waals surface area (Å²) in [5.74, 6) is 0.507. The Morgan fingerprint density at radius 3 is 2.52 bits per heavy atom. The van der Waals surface area contributed by atoms with Crippen LogP contribution in [0.4, 0.5) is 0 Å². The second kappa shape index (κ2) is 6.58. The standard InChI is InChI=1S/C17H26N2O2/c1-13-9-10-19(11-14(13)2)12-17(18-3,16(20)21)15-7-5-4-6-8-15/h4-8,13-14,18H,9-12H2,1-3H3,(H,20,21). The summed E-state index contributed by atoms with van der Waals surface area (Å²) in [4.78, 5) is 14.3. The number of piperidine rings is 1. The number of nitrogens with one attached hydrogen (secondary N) is 1. The zero-order valence-corrected chi connectivity index (χ0v) is 13.2. The summed E-state index contributed by atoms with van der Waals surface area (Å²) in [6.45, 7) is 6.96. The van der Waals surface area contributed by atoms with Crippen molar-refractivity contribution in [3.8, 4) is 0 Å². The number of nitrogens with zero attached hydrogens (tertiary/aromatic N) is 1. The van der Waals surface area contributed by atoms with Gasteiger partial charge in [0.2, 0.25) is 0 Å². The molecule has 1 fully saturated rings. The van der Waals surface area contributed by atoms with Gasteiger partial charge in [0.05, 0.1) is 0 Å². The number of rotatable bonds is 5. The van der Waals surface area contributed by atoms with Crippen molar-refractivity contribution in [3.63, 3.8) is 0 Å². The predicted octanol–water partition coefficient (Wildman–Crippen LogP) is 2.16. The highest BCUT2D eigenvalue weighted by molar-refractivity contribution is 5.81. The third-order valence-electron chi connectivity index (χ3n) is 4.94. The van der Waals surface area contributed by atoms with E-state index in [0.29, 0.717) is 18.4 Å². The van der Waals surface area contributed by atoms with Crippen molar-refractivity contribution in [1.82, 2.24) is 10.2 Å². The van der Waals surface area contributed by atoms with Crippen LogP contribution in [0.2, 0.25) is 0 Å². The van der Waals surface area contributed by atoms with Crippen molar-refractivity contribution < 1.29 is 9.90 Å². The Balaban J connectivity index is 2.23. The lowest BCUT2D eigenvalue weighted by molar-refractivity contribution is -0.146. The molecule has 4 nitrogen and oxygen atoms in total. The lowest BCUT2D eigenvalue weighted by Gasteiger charge is -2.40. The minimum absolute atomic E-state index is 0.500. The Morgan fingerprint density at radius 1 is 1.33 bits per heavy atom. The van der Waals surface area contributed by atoms with E-state index in [0.717, 1.165) is 25.1 Å². The van der Waals surface area contributed by atoms with Crippen LogP contribution in [0.15, 0.2) is 30.3 Å². The van der Waals surface area contributed by atoms with Crippen molar-refractivity contribution >= 4 is 5.97 Å². The lowest BCUT2D eigenvalue weighted by Crippen LogP contribution is -2.57. The smallest absolute Gasteiger partial charge is 0.329 e. The molecule has 1 heterocycles. The topological polar surface area (TPSA) is 52.6 Å². The normalized spacial score (nSPS) is 26.2. The van der Waals surface area contributed by atoms with Gasteiger partial charge in [0.25, 0.3) is 0 Å². The minimum atomic E-state index is -1.04. The Hall–Kier alpha value is -1.39. The van der Waals surface area contributed by atoms with Gasteiger partial charge < -0.3 is 15.3 Å². The fourth-order valence-corrected chi connectivity index (χ4v) is 3.16. The van der Waals surface area contributed by atoms with Crippen LogP contribution in [0.1, 0.15) is 25.8 Å². The molecule has 3 unspecified atom stereocenters. The van der Waals surface area contributed by atoms with Crippen LogP contribution in [0.5, 0.6) is 0 Å². The zero-order valence-electron chi connectivity index (χ0n) is 13.2. The van der Waals surface area contributed by atoms with Gasteiger partial charge in [0.15, 0.2) is 5.54 Å². The van der Waals surface area contributed by atoms with Gasteiger partial charge in [0.1, 0.15) is 0 Å². The van der Waals surface area contributed by atoms with E-state index in [4.69, 9.17) is 0 Å². The summed E-state index contributed by atoms with van der Waals surface area (Å²) in [7, 11) is 1.73. The van der Waals surface area contributed by atoms with Crippen LogP contribution >= 0.6 is 0 Å². The molecule has 116 valence electrons. The molecular weight excluding hydrogens is 264 g/mol. The lowest BCUT2D eigenvalue weighted by atomic mass is 9.85. The van der Waals surface area contributed by atoms with Crippen LogP contribution in [0, 0.1) is 11.8 Å². The minimum Gasteiger partial charge on any atom is -0.480 e. The molecule has 0 amide bonds. The van der Waals surface area contributed by atoms with E-state index < -0.39 is 11.5 Å². The molecule has 0 spiro atoms. The van der Waals surface area contributed by atoms with E-state index in [1.165, 1.54) is 0 Å². The fraction of sp³-hybridized carbons (Fsp3) is 0.588. The molecule has 21 heavy (non-hydrogen) atoms. The summed E-state index contributed by atoms with van der Waals surface area (Å²) < 4.78 is 0. The third-order valence-corrected chi connectivity index (χ3v) is 4.94. The molecule has 0 bridgehead atoms. The first-order chi connectivity index (χ1) is 9.99. The summed E-state index contributed by atoms with van der Waals surface area (Å²) in [6.07, 6.45) is 1.13. The monoisotopic (exact) mass is 290 g/mol. The molecule has 0 aromatic heterocycles. The van der Waals surface area contributed by atoms with E-state index in [1.54, 1.807) is 7.05 Å². The third kappa shape index (κ3) is 3.27. The molecule has 1 aliphatic rings. The number of likely N-dealkylation sites (tertiary alicyclic amines) is 1. The van der Waals surface area contributed by atoms with Gasteiger partial charge >= 0.3 is 5.97 Å². The number of hydrogen-bond acceptors (Lipinski definition) is 3. The molecule has 2 rings (SSSR count). The number of carboxylic acid groups (broad SMARTS) is 1. The second-order valence-electron chi connectivity index (χ2n) is 6.30. The molecule has 3 atom stereocenters. The number of carbonyl (C=O) groups is 1. The Labute approximate surface area is 127 Å². The maximum Gasteiger partial charge on any atom is 0.329 e. The molecule has 1 aliphatic heterocycles. The van der Waals surface area contributed by atoms with Gasteiger partial charge in [-0.2, -0.15) is 0 Å². The maximum absolute atomic E-state index is 12.0. The quantitative estimate of drug-likeness (QED) is 0.872. The van der Waals surface area contributed by atoms with Crippen molar-refractivity contribution in [2.24, 2.45) is 11.8 Å². The van der Waals surface area contributed by atoms with Gasteiger partial charge in [-0.25, -0.2) is 4.79 Å². The van der Waals surface area contributed by atoms with Gasteiger partial charge in [0, 0.05) is 13.1 Å². The van der Waals surface area contributed by atoms with E-state index in [2.05, 4.69) is 24.1 Å². The highest BCUT2D eigenvalue weighted by atomic mass is 16.4. The van der Waals surface area contributed by atoms with Crippen LogP contribution in [-0.4, -0.2) is 42.7 Å². The van der Waals surface area contributed by atoms with Gasteiger partial charge in [-0.15, -0.1) is 0 Å². The Kier molecular flexibility index (Phi) is 5.01. The summed E-state index contributed by atoms with van der Waals surface area (Å²) in [5.41, 5.74) is -0.229. The Morgan fingerprint density at radius 2 is 2.00 bits per heavy atom. The highest BCUT2D eigenvalue weighted by Gasteiger charge is 2.41. The Bertz CT molecular complexity index is 477. The van der Waals surface area contributed by atoms with Crippen molar-refractivity contribution in [1.29, 1.82) is 0 Å². The van der Waals surface area contributed by atoms with E-state index >= 15 is 0 Å². The highest BCUT2D eigenvalue weighted by Crippen LogP contribution is 2.28. The van der Waals surface area contributed by atoms with Crippen molar-refractivity contribution in [2.45, 2.75) is 25.8 Å². The first kappa shape index (κ1) is 16.0. The number of likely N-dealkylation sites (N-methyl/N-ethyl adjacent to an activating group) is 1. The number of aliphatic carboxylic acids is 1. The molecular formula is C17H26N2O2. The molecule has 2 N–H and O–H groups in total. The first-order valence-electron chi connectivity index (χ1n) is 7.70. The molecule has 1 saturated heterocycles. The fourth-order valence-electron chi connectivity index (χ4n) is 3.16. The maximum atomic E-state index is 12.0. The SMILES string of the molecule is CNC(CN1CCC(C)C(C)C1)(C(=O)O)c1ccccc1. The van der Waals surface area contributed by atoms with E-state index in [-0.39, 0.29) is 0 Å². The van der Waals surface area contributed by atoms with Crippen LogP contribution in [-0.2, 0) is 10.3 Å². The van der Waals surface area contributed by atoms with E-state index in [1.807, 2.05) is 30.3 Å². The number of carboxylic acids is 1. The molecule has 1 aromatic rings. The van der Waals surface area contributed by atoms with Crippen LogP contribution in [0.3, 0.4) is 0 Å². The zero-order chi connectivity index (χ0) is 15.5. The van der Waals surface area contributed by atoms with Crippen LogP contribution in [0.25, 0.3) is 0 Å². The average Bonchev–Trinajstić information content (AvgIpc) is 2.49.